The number of anilines is 1. The van der Waals surface area contributed by atoms with Crippen molar-refractivity contribution in [1.29, 1.82) is 0 Å². The van der Waals surface area contributed by atoms with Gasteiger partial charge in [-0.05, 0) is 23.6 Å². The van der Waals surface area contributed by atoms with Gasteiger partial charge in [-0.15, -0.1) is 0 Å². The van der Waals surface area contributed by atoms with Crippen LogP contribution in [0, 0.1) is 0 Å². The molecule has 81 valence electrons. The van der Waals surface area contributed by atoms with Crippen molar-refractivity contribution in [1.82, 2.24) is 0 Å². The third kappa shape index (κ3) is 2.25. The van der Waals surface area contributed by atoms with Crippen LogP contribution in [-0.2, 0) is 6.42 Å². The summed E-state index contributed by atoms with van der Waals surface area (Å²) >= 11 is 0. The van der Waals surface area contributed by atoms with Crippen LogP contribution >= 0.6 is 0 Å². The molecule has 1 nitrogen and oxygen atoms in total. The molecule has 0 saturated heterocycles. The maximum atomic E-state index is 3.59. The molecule has 1 N–H and O–H groups in total. The van der Waals surface area contributed by atoms with Crippen molar-refractivity contribution in [3.63, 3.8) is 0 Å². The van der Waals surface area contributed by atoms with Gasteiger partial charge in [-0.25, -0.2) is 0 Å². The standard InChI is InChI=1S/C13H20NSi/c1-3-15(4-2)12-9-11-7-5-6-8-13(11)14-10-12/h5-8,12,14H,3-4,9-10H2,1-2H3/t12-/m1/s1. The van der Waals surface area contributed by atoms with Crippen molar-refractivity contribution in [3.8, 4) is 0 Å². The predicted molar refractivity (Wildman–Crippen MR) is 69.1 cm³/mol. The fourth-order valence-corrected chi connectivity index (χ4v) is 5.11. The van der Waals surface area contributed by atoms with Crippen LogP contribution in [0.1, 0.15) is 19.4 Å². The van der Waals surface area contributed by atoms with E-state index in [1.807, 2.05) is 0 Å². The molecule has 1 atom stereocenters. The normalized spacial score (nSPS) is 19.8. The second kappa shape index (κ2) is 4.84. The smallest absolute Gasteiger partial charge is 0.0530 e. The predicted octanol–water partition coefficient (Wildman–Crippen LogP) is 3.56. The Labute approximate surface area is 94.5 Å². The first-order chi connectivity index (χ1) is 7.35. The molecule has 15 heavy (non-hydrogen) atoms. The van der Waals surface area contributed by atoms with Crippen molar-refractivity contribution in [2.75, 3.05) is 11.9 Å². The molecular formula is C13H20NSi. The van der Waals surface area contributed by atoms with E-state index < -0.39 is 0 Å². The lowest BCUT2D eigenvalue weighted by Gasteiger charge is -2.30. The van der Waals surface area contributed by atoms with E-state index >= 15 is 0 Å². The van der Waals surface area contributed by atoms with Gasteiger partial charge in [0.1, 0.15) is 0 Å². The lowest BCUT2D eigenvalue weighted by atomic mass is 10.0. The molecule has 0 fully saturated rings. The van der Waals surface area contributed by atoms with Crippen LogP contribution in [0.4, 0.5) is 5.69 Å². The van der Waals surface area contributed by atoms with Crippen molar-refractivity contribution in [3.05, 3.63) is 29.8 Å². The molecular weight excluding hydrogens is 198 g/mol. The van der Waals surface area contributed by atoms with E-state index in [-0.39, 0.29) is 8.80 Å². The van der Waals surface area contributed by atoms with Crippen molar-refractivity contribution in [2.24, 2.45) is 0 Å². The minimum Gasteiger partial charge on any atom is -0.385 e. The Hall–Kier alpha value is -0.763. The van der Waals surface area contributed by atoms with E-state index in [0.29, 0.717) is 0 Å². The topological polar surface area (TPSA) is 12.0 Å². The molecule has 1 aliphatic heterocycles. The summed E-state index contributed by atoms with van der Waals surface area (Å²) in [4.78, 5) is 0. The van der Waals surface area contributed by atoms with Gasteiger partial charge in [-0.3, -0.25) is 0 Å². The molecule has 0 spiro atoms. The highest BCUT2D eigenvalue weighted by molar-refractivity contribution is 6.60. The Kier molecular flexibility index (Phi) is 3.47. The van der Waals surface area contributed by atoms with Gasteiger partial charge in [0.05, 0.1) is 8.80 Å². The Morgan fingerprint density at radius 2 is 2.00 bits per heavy atom. The average molecular weight is 218 g/mol. The van der Waals surface area contributed by atoms with Crippen molar-refractivity contribution < 1.29 is 0 Å². The molecule has 0 amide bonds. The van der Waals surface area contributed by atoms with Gasteiger partial charge in [0.2, 0.25) is 0 Å². The summed E-state index contributed by atoms with van der Waals surface area (Å²) in [6.45, 7) is 5.92. The van der Waals surface area contributed by atoms with Gasteiger partial charge in [0.25, 0.3) is 0 Å². The summed E-state index contributed by atoms with van der Waals surface area (Å²) < 4.78 is 0. The molecule has 0 aromatic heterocycles. The molecule has 1 heterocycles. The minimum absolute atomic E-state index is 0.128. The highest BCUT2D eigenvalue weighted by atomic mass is 28.3. The first-order valence-corrected chi connectivity index (χ1v) is 8.00. The lowest BCUT2D eigenvalue weighted by Crippen LogP contribution is -2.30. The van der Waals surface area contributed by atoms with Crippen LogP contribution in [-0.4, -0.2) is 15.3 Å². The van der Waals surface area contributed by atoms with E-state index in [9.17, 15) is 0 Å². The molecule has 1 aromatic rings. The summed E-state index contributed by atoms with van der Waals surface area (Å²) in [5.74, 6) is 0. The minimum atomic E-state index is -0.128. The number of nitrogens with one attached hydrogen (secondary N) is 1. The molecule has 1 radical (unpaired) electrons. The third-order valence-electron chi connectivity index (χ3n) is 3.51. The van der Waals surface area contributed by atoms with Gasteiger partial charge in [-0.2, -0.15) is 0 Å². The summed E-state index contributed by atoms with van der Waals surface area (Å²) in [6.07, 6.45) is 1.30. The Morgan fingerprint density at radius 1 is 1.27 bits per heavy atom. The maximum absolute atomic E-state index is 3.59. The van der Waals surface area contributed by atoms with E-state index in [1.54, 1.807) is 0 Å². The molecule has 2 heteroatoms. The third-order valence-corrected chi connectivity index (χ3v) is 6.89. The number of hydrogen-bond donors (Lipinski definition) is 1. The number of rotatable bonds is 3. The SMILES string of the molecule is CC[Si](CC)[C@H]1CNc2ccccc2C1. The lowest BCUT2D eigenvalue weighted by molar-refractivity contribution is 0.796. The largest absolute Gasteiger partial charge is 0.385 e. The van der Waals surface area contributed by atoms with Crippen LogP contribution in [0.5, 0.6) is 0 Å². The Morgan fingerprint density at radius 3 is 2.73 bits per heavy atom. The molecule has 0 unspecified atom stereocenters. The highest BCUT2D eigenvalue weighted by Crippen LogP contribution is 2.31. The average Bonchev–Trinajstić information content (AvgIpc) is 2.30. The second-order valence-corrected chi connectivity index (χ2v) is 7.85. The summed E-state index contributed by atoms with van der Waals surface area (Å²) in [6, 6.07) is 11.6. The number of hydrogen-bond acceptors (Lipinski definition) is 1. The molecule has 0 bridgehead atoms. The zero-order valence-electron chi connectivity index (χ0n) is 9.72. The Balaban J connectivity index is 2.11. The molecule has 2 rings (SSSR count). The summed E-state index contributed by atoms with van der Waals surface area (Å²) in [5.41, 5.74) is 3.82. The van der Waals surface area contributed by atoms with Crippen molar-refractivity contribution >= 4 is 14.5 Å². The molecule has 0 saturated carbocycles. The first-order valence-electron chi connectivity index (χ1n) is 6.01. The first kappa shape index (κ1) is 10.7. The quantitative estimate of drug-likeness (QED) is 0.765. The van der Waals surface area contributed by atoms with Gasteiger partial charge < -0.3 is 5.32 Å². The zero-order chi connectivity index (χ0) is 10.7. The van der Waals surface area contributed by atoms with Gasteiger partial charge >= 0.3 is 0 Å². The van der Waals surface area contributed by atoms with Crippen LogP contribution in [0.25, 0.3) is 0 Å². The molecule has 1 aromatic carbocycles. The van der Waals surface area contributed by atoms with E-state index in [0.717, 1.165) is 5.54 Å². The van der Waals surface area contributed by atoms with Crippen LogP contribution < -0.4 is 5.32 Å². The fraction of sp³-hybridized carbons (Fsp3) is 0.538. The maximum Gasteiger partial charge on any atom is 0.0530 e. The Bertz CT molecular complexity index is 320. The fourth-order valence-electron chi connectivity index (χ4n) is 2.56. The van der Waals surface area contributed by atoms with E-state index in [4.69, 9.17) is 0 Å². The van der Waals surface area contributed by atoms with Crippen LogP contribution in [0.15, 0.2) is 24.3 Å². The number of benzene rings is 1. The molecule has 0 aliphatic carbocycles. The summed E-state index contributed by atoms with van der Waals surface area (Å²) in [7, 11) is -0.128. The van der Waals surface area contributed by atoms with Gasteiger partial charge in [0, 0.05) is 12.2 Å². The van der Waals surface area contributed by atoms with Crippen molar-refractivity contribution in [2.45, 2.75) is 37.9 Å². The zero-order valence-corrected chi connectivity index (χ0v) is 10.7. The number of para-hydroxylation sites is 1. The van der Waals surface area contributed by atoms with Gasteiger partial charge in [0.15, 0.2) is 0 Å². The van der Waals surface area contributed by atoms with Crippen LogP contribution in [0.3, 0.4) is 0 Å². The molecule has 1 aliphatic rings. The van der Waals surface area contributed by atoms with Gasteiger partial charge in [-0.1, -0.05) is 44.1 Å². The monoisotopic (exact) mass is 218 g/mol. The summed E-state index contributed by atoms with van der Waals surface area (Å²) in [5, 5.41) is 3.59. The van der Waals surface area contributed by atoms with Crippen LogP contribution in [0.2, 0.25) is 17.6 Å². The van der Waals surface area contributed by atoms with E-state index in [1.165, 1.54) is 36.3 Å². The number of fused-ring (bicyclic) bond motifs is 1. The highest BCUT2D eigenvalue weighted by Gasteiger charge is 2.24. The van der Waals surface area contributed by atoms with E-state index in [2.05, 4.69) is 43.4 Å². The second-order valence-electron chi connectivity index (χ2n) is 4.30.